The molecule has 1 amide bonds. The Labute approximate surface area is 144 Å². The second kappa shape index (κ2) is 7.48. The van der Waals surface area contributed by atoms with Gasteiger partial charge in [0.2, 0.25) is 5.82 Å². The number of nitrogens with one attached hydrogen (secondary N) is 1. The van der Waals surface area contributed by atoms with Crippen LogP contribution in [0.25, 0.3) is 11.3 Å². The lowest BCUT2D eigenvalue weighted by Gasteiger charge is -2.16. The first-order valence-electron chi connectivity index (χ1n) is 7.67. The van der Waals surface area contributed by atoms with E-state index in [9.17, 15) is 4.79 Å². The van der Waals surface area contributed by atoms with E-state index >= 15 is 0 Å². The van der Waals surface area contributed by atoms with Crippen molar-refractivity contribution in [3.63, 3.8) is 0 Å². The van der Waals surface area contributed by atoms with Crippen molar-refractivity contribution < 1.29 is 18.9 Å². The number of hydrogen-bond donors (Lipinski definition) is 1. The Kier molecular flexibility index (Phi) is 4.94. The van der Waals surface area contributed by atoms with Crippen molar-refractivity contribution >= 4 is 11.7 Å². The van der Waals surface area contributed by atoms with E-state index in [0.29, 0.717) is 17.2 Å². The predicted molar refractivity (Wildman–Crippen MR) is 91.4 cm³/mol. The van der Waals surface area contributed by atoms with E-state index in [4.69, 9.17) is 14.1 Å². The van der Waals surface area contributed by atoms with Crippen LogP contribution in [0.5, 0.6) is 11.5 Å². The third-order valence-electron chi connectivity index (χ3n) is 3.52. The van der Waals surface area contributed by atoms with E-state index in [1.54, 1.807) is 32.2 Å². The van der Waals surface area contributed by atoms with Gasteiger partial charge in [0, 0.05) is 5.56 Å². The smallest absolute Gasteiger partial charge is 0.266 e. The van der Waals surface area contributed by atoms with Crippen LogP contribution in [0.1, 0.15) is 6.92 Å². The summed E-state index contributed by atoms with van der Waals surface area (Å²) >= 11 is 0. The zero-order valence-corrected chi connectivity index (χ0v) is 13.8. The Bertz CT molecular complexity index is 848. The largest absolute Gasteiger partial charge is 0.493 e. The van der Waals surface area contributed by atoms with Crippen molar-refractivity contribution in [2.75, 3.05) is 12.4 Å². The maximum atomic E-state index is 12.4. The molecule has 128 valence electrons. The molecule has 25 heavy (non-hydrogen) atoms. The first-order chi connectivity index (χ1) is 12.2. The lowest BCUT2D eigenvalue weighted by molar-refractivity contribution is -0.122. The number of methoxy groups -OCH3 is 1. The lowest BCUT2D eigenvalue weighted by atomic mass is 10.1. The van der Waals surface area contributed by atoms with Gasteiger partial charge in [0.1, 0.15) is 0 Å². The van der Waals surface area contributed by atoms with Gasteiger partial charge in [0.25, 0.3) is 5.91 Å². The average Bonchev–Trinajstić information content (AvgIpc) is 3.11. The second-order valence-electron chi connectivity index (χ2n) is 5.23. The summed E-state index contributed by atoms with van der Waals surface area (Å²) in [4.78, 5) is 12.4. The highest BCUT2D eigenvalue weighted by Crippen LogP contribution is 2.27. The molecule has 0 radical (unpaired) electrons. The number of para-hydroxylation sites is 2. The molecule has 1 atom stereocenters. The van der Waals surface area contributed by atoms with Crippen LogP contribution in [-0.4, -0.2) is 29.4 Å². The molecule has 0 saturated carbocycles. The van der Waals surface area contributed by atoms with Gasteiger partial charge >= 0.3 is 0 Å². The molecule has 7 heteroatoms. The number of amides is 1. The summed E-state index contributed by atoms with van der Waals surface area (Å²) in [6, 6.07) is 16.4. The Morgan fingerprint density at radius 1 is 1.04 bits per heavy atom. The fourth-order valence-electron chi connectivity index (χ4n) is 2.23. The standard InChI is InChI=1S/C18H17N3O4/c1-12(24-15-11-7-6-10-14(15)23-2)18(22)19-17-16(20-25-21-17)13-8-4-3-5-9-13/h3-12H,1-2H3,(H,19,21,22)/t12-/m1/s1. The van der Waals surface area contributed by atoms with Crippen molar-refractivity contribution in [1.82, 2.24) is 10.3 Å². The van der Waals surface area contributed by atoms with Gasteiger partial charge in [-0.2, -0.15) is 0 Å². The Morgan fingerprint density at radius 2 is 1.72 bits per heavy atom. The molecule has 1 heterocycles. The summed E-state index contributed by atoms with van der Waals surface area (Å²) in [5.41, 5.74) is 1.25. The van der Waals surface area contributed by atoms with E-state index in [1.807, 2.05) is 36.4 Å². The monoisotopic (exact) mass is 339 g/mol. The fraction of sp³-hybridized carbons (Fsp3) is 0.167. The van der Waals surface area contributed by atoms with Crippen molar-refractivity contribution in [2.24, 2.45) is 0 Å². The third kappa shape index (κ3) is 3.77. The summed E-state index contributed by atoms with van der Waals surface area (Å²) in [6.45, 7) is 1.64. The van der Waals surface area contributed by atoms with E-state index < -0.39 is 6.10 Å². The Hall–Kier alpha value is -3.35. The number of benzene rings is 2. The molecule has 0 unspecified atom stereocenters. The van der Waals surface area contributed by atoms with Gasteiger partial charge in [0.05, 0.1) is 7.11 Å². The molecule has 7 nitrogen and oxygen atoms in total. The molecule has 0 bridgehead atoms. The van der Waals surface area contributed by atoms with Gasteiger partial charge in [0.15, 0.2) is 23.3 Å². The van der Waals surface area contributed by atoms with Crippen LogP contribution in [0.4, 0.5) is 5.82 Å². The number of nitrogens with zero attached hydrogens (tertiary/aromatic N) is 2. The molecule has 3 aromatic rings. The van der Waals surface area contributed by atoms with Gasteiger partial charge in [-0.15, -0.1) is 0 Å². The van der Waals surface area contributed by atoms with Crippen LogP contribution in [0, 0.1) is 0 Å². The predicted octanol–water partition coefficient (Wildman–Crippen LogP) is 3.15. The van der Waals surface area contributed by atoms with Crippen LogP contribution < -0.4 is 14.8 Å². The Morgan fingerprint density at radius 3 is 2.44 bits per heavy atom. The summed E-state index contributed by atoms with van der Waals surface area (Å²) < 4.78 is 15.7. The first-order valence-corrected chi connectivity index (χ1v) is 7.67. The number of ether oxygens (including phenoxy) is 2. The number of carbonyl (C=O) groups excluding carboxylic acids is 1. The van der Waals surface area contributed by atoms with Gasteiger partial charge < -0.3 is 14.8 Å². The van der Waals surface area contributed by atoms with Gasteiger partial charge in [-0.25, -0.2) is 4.63 Å². The zero-order chi connectivity index (χ0) is 17.6. The number of anilines is 1. The molecule has 0 saturated heterocycles. The maximum absolute atomic E-state index is 12.4. The number of hydrogen-bond acceptors (Lipinski definition) is 6. The number of aromatic nitrogens is 2. The fourth-order valence-corrected chi connectivity index (χ4v) is 2.23. The number of rotatable bonds is 6. The lowest BCUT2D eigenvalue weighted by Crippen LogP contribution is -2.30. The molecule has 1 N–H and O–H groups in total. The molecule has 0 spiro atoms. The van der Waals surface area contributed by atoms with Crippen LogP contribution >= 0.6 is 0 Å². The highest BCUT2D eigenvalue weighted by atomic mass is 16.6. The second-order valence-corrected chi connectivity index (χ2v) is 5.23. The molecule has 1 aromatic heterocycles. The molecule has 0 fully saturated rings. The van der Waals surface area contributed by atoms with E-state index in [0.717, 1.165) is 5.56 Å². The molecular formula is C18H17N3O4. The molecule has 2 aromatic carbocycles. The van der Waals surface area contributed by atoms with Crippen LogP contribution in [0.15, 0.2) is 59.2 Å². The van der Waals surface area contributed by atoms with Crippen LogP contribution in [0.3, 0.4) is 0 Å². The van der Waals surface area contributed by atoms with Crippen LogP contribution in [0.2, 0.25) is 0 Å². The molecule has 0 aliphatic carbocycles. The molecule has 0 aliphatic heterocycles. The SMILES string of the molecule is COc1ccccc1O[C@H](C)C(=O)Nc1nonc1-c1ccccc1. The zero-order valence-electron chi connectivity index (χ0n) is 13.8. The number of carbonyl (C=O) groups is 1. The molecule has 0 aliphatic rings. The van der Waals surface area contributed by atoms with E-state index in [-0.39, 0.29) is 11.7 Å². The van der Waals surface area contributed by atoms with Crippen LogP contribution in [-0.2, 0) is 4.79 Å². The highest BCUT2D eigenvalue weighted by Gasteiger charge is 2.21. The molecule has 3 rings (SSSR count). The minimum absolute atomic E-state index is 0.242. The quantitative estimate of drug-likeness (QED) is 0.742. The van der Waals surface area contributed by atoms with E-state index in [2.05, 4.69) is 15.6 Å². The first kappa shape index (κ1) is 16.5. The highest BCUT2D eigenvalue weighted by molar-refractivity contribution is 5.96. The summed E-state index contributed by atoms with van der Waals surface area (Å²) in [6.07, 6.45) is -0.767. The Balaban J connectivity index is 1.72. The van der Waals surface area contributed by atoms with Crippen molar-refractivity contribution in [3.05, 3.63) is 54.6 Å². The minimum Gasteiger partial charge on any atom is -0.493 e. The summed E-state index contributed by atoms with van der Waals surface area (Å²) in [5.74, 6) is 0.898. The topological polar surface area (TPSA) is 86.5 Å². The van der Waals surface area contributed by atoms with Gasteiger partial charge in [-0.05, 0) is 29.4 Å². The average molecular weight is 339 g/mol. The minimum atomic E-state index is -0.767. The normalized spacial score (nSPS) is 11.6. The van der Waals surface area contributed by atoms with Gasteiger partial charge in [-0.3, -0.25) is 4.79 Å². The molecular weight excluding hydrogens is 322 g/mol. The van der Waals surface area contributed by atoms with E-state index in [1.165, 1.54) is 0 Å². The van der Waals surface area contributed by atoms with Crippen molar-refractivity contribution in [1.29, 1.82) is 0 Å². The third-order valence-corrected chi connectivity index (χ3v) is 3.52. The van der Waals surface area contributed by atoms with Crippen molar-refractivity contribution in [3.8, 4) is 22.8 Å². The summed E-state index contributed by atoms with van der Waals surface area (Å²) in [7, 11) is 1.54. The summed E-state index contributed by atoms with van der Waals surface area (Å²) in [5, 5.41) is 10.3. The van der Waals surface area contributed by atoms with Gasteiger partial charge in [-0.1, -0.05) is 42.5 Å². The van der Waals surface area contributed by atoms with Crippen molar-refractivity contribution in [2.45, 2.75) is 13.0 Å². The maximum Gasteiger partial charge on any atom is 0.266 e.